The van der Waals surface area contributed by atoms with E-state index < -0.39 is 12.0 Å². The summed E-state index contributed by atoms with van der Waals surface area (Å²) in [6.45, 7) is 3.76. The van der Waals surface area contributed by atoms with Crippen molar-refractivity contribution in [3.05, 3.63) is 90.6 Å². The van der Waals surface area contributed by atoms with Crippen LogP contribution in [-0.4, -0.2) is 31.4 Å². The van der Waals surface area contributed by atoms with Crippen LogP contribution in [-0.2, 0) is 9.53 Å². The molecule has 1 aromatic heterocycles. The van der Waals surface area contributed by atoms with E-state index in [4.69, 9.17) is 14.2 Å². The van der Waals surface area contributed by atoms with E-state index in [0.29, 0.717) is 32.1 Å². The van der Waals surface area contributed by atoms with Gasteiger partial charge in [0.15, 0.2) is 16.3 Å². The summed E-state index contributed by atoms with van der Waals surface area (Å²) in [5.74, 6) is 0.707. The molecule has 33 heavy (non-hydrogen) atoms. The van der Waals surface area contributed by atoms with E-state index in [1.165, 1.54) is 11.3 Å². The molecular formula is C25H24N2O5S. The molecule has 3 aromatic rings. The largest absolute Gasteiger partial charge is 0.493 e. The van der Waals surface area contributed by atoms with Gasteiger partial charge in [0.2, 0.25) is 0 Å². The van der Waals surface area contributed by atoms with Gasteiger partial charge in [0, 0.05) is 0 Å². The average Bonchev–Trinajstić information content (AvgIpc) is 3.13. The van der Waals surface area contributed by atoms with Gasteiger partial charge in [-0.3, -0.25) is 9.36 Å². The number of benzene rings is 2. The quantitative estimate of drug-likeness (QED) is 0.524. The van der Waals surface area contributed by atoms with Gasteiger partial charge in [0.05, 0.1) is 42.7 Å². The van der Waals surface area contributed by atoms with Gasteiger partial charge in [-0.05, 0) is 43.2 Å². The van der Waals surface area contributed by atoms with Crippen molar-refractivity contribution in [2.75, 3.05) is 20.8 Å². The van der Waals surface area contributed by atoms with Crippen molar-refractivity contribution in [3.63, 3.8) is 0 Å². The molecule has 0 amide bonds. The Morgan fingerprint density at radius 1 is 1.12 bits per heavy atom. The number of methoxy groups -OCH3 is 2. The lowest BCUT2D eigenvalue weighted by atomic mass is 9.96. The lowest BCUT2D eigenvalue weighted by Gasteiger charge is -2.24. The van der Waals surface area contributed by atoms with E-state index in [-0.39, 0.29) is 12.2 Å². The Hall–Kier alpha value is -3.65. The summed E-state index contributed by atoms with van der Waals surface area (Å²) in [6, 6.07) is 14.3. The zero-order valence-electron chi connectivity index (χ0n) is 18.8. The molecule has 8 heteroatoms. The van der Waals surface area contributed by atoms with Crippen LogP contribution in [0.15, 0.2) is 69.6 Å². The molecule has 7 nitrogen and oxygen atoms in total. The van der Waals surface area contributed by atoms with E-state index in [1.54, 1.807) is 50.8 Å². The number of carbonyl (C=O) groups is 1. The van der Waals surface area contributed by atoms with Gasteiger partial charge in [-0.2, -0.15) is 0 Å². The molecule has 0 aliphatic carbocycles. The summed E-state index contributed by atoms with van der Waals surface area (Å²) >= 11 is 1.28. The summed E-state index contributed by atoms with van der Waals surface area (Å²) in [4.78, 5) is 31.5. The highest BCUT2D eigenvalue weighted by Crippen LogP contribution is 2.31. The predicted molar refractivity (Wildman–Crippen MR) is 126 cm³/mol. The van der Waals surface area contributed by atoms with Crippen LogP contribution in [0.25, 0.3) is 6.08 Å². The highest BCUT2D eigenvalue weighted by Gasteiger charge is 2.33. The maximum absolute atomic E-state index is 13.6. The van der Waals surface area contributed by atoms with Crippen LogP contribution < -0.4 is 24.4 Å². The van der Waals surface area contributed by atoms with Crippen molar-refractivity contribution in [3.8, 4) is 11.5 Å². The molecule has 1 aliphatic rings. The third-order valence-electron chi connectivity index (χ3n) is 5.34. The van der Waals surface area contributed by atoms with Crippen LogP contribution in [0.3, 0.4) is 0 Å². The Labute approximate surface area is 194 Å². The number of fused-ring (bicyclic) bond motifs is 1. The Kier molecular flexibility index (Phi) is 6.46. The van der Waals surface area contributed by atoms with Gasteiger partial charge < -0.3 is 14.2 Å². The highest BCUT2D eigenvalue weighted by molar-refractivity contribution is 7.07. The molecule has 0 N–H and O–H groups in total. The second-order valence-corrected chi connectivity index (χ2v) is 8.34. The Morgan fingerprint density at radius 3 is 2.52 bits per heavy atom. The van der Waals surface area contributed by atoms with Crippen molar-refractivity contribution in [1.29, 1.82) is 0 Å². The van der Waals surface area contributed by atoms with E-state index >= 15 is 0 Å². The number of allylic oxidation sites excluding steroid dienone is 1. The van der Waals surface area contributed by atoms with Crippen LogP contribution >= 0.6 is 11.3 Å². The van der Waals surface area contributed by atoms with Gasteiger partial charge in [-0.1, -0.05) is 47.7 Å². The molecule has 1 atom stereocenters. The molecule has 0 saturated heterocycles. The van der Waals surface area contributed by atoms with Crippen LogP contribution in [0.1, 0.15) is 31.0 Å². The number of esters is 1. The van der Waals surface area contributed by atoms with Crippen molar-refractivity contribution in [1.82, 2.24) is 4.57 Å². The lowest BCUT2D eigenvalue weighted by molar-refractivity contribution is -0.139. The van der Waals surface area contributed by atoms with Crippen LogP contribution in [0.4, 0.5) is 0 Å². The van der Waals surface area contributed by atoms with Crippen molar-refractivity contribution >= 4 is 23.4 Å². The SMILES string of the molecule is CCOC(=O)C1=C(C)N=c2s/c(=C\c3ccc(OC)c(OC)c3)c(=O)n2C1c1ccccc1. The third kappa shape index (κ3) is 4.21. The monoisotopic (exact) mass is 464 g/mol. The van der Waals surface area contributed by atoms with E-state index in [1.807, 2.05) is 36.4 Å². The maximum Gasteiger partial charge on any atom is 0.338 e. The van der Waals surface area contributed by atoms with Gasteiger partial charge in [0.1, 0.15) is 0 Å². The number of carbonyl (C=O) groups excluding carboxylic acids is 1. The Balaban J connectivity index is 1.92. The fraction of sp³-hybridized carbons (Fsp3) is 0.240. The molecule has 2 heterocycles. The van der Waals surface area contributed by atoms with Crippen LogP contribution in [0.2, 0.25) is 0 Å². The van der Waals surface area contributed by atoms with E-state index in [0.717, 1.165) is 11.1 Å². The van der Waals surface area contributed by atoms with Gasteiger partial charge in [-0.25, -0.2) is 9.79 Å². The molecule has 0 spiro atoms. The van der Waals surface area contributed by atoms with Gasteiger partial charge in [-0.15, -0.1) is 0 Å². The first-order chi connectivity index (χ1) is 16.0. The minimum Gasteiger partial charge on any atom is -0.493 e. The first kappa shape index (κ1) is 22.5. The normalized spacial score (nSPS) is 15.6. The summed E-state index contributed by atoms with van der Waals surface area (Å²) < 4.78 is 18.1. The zero-order valence-corrected chi connectivity index (χ0v) is 19.6. The minimum atomic E-state index is -0.617. The fourth-order valence-electron chi connectivity index (χ4n) is 3.84. The Bertz CT molecular complexity index is 1400. The van der Waals surface area contributed by atoms with Crippen LogP contribution in [0.5, 0.6) is 11.5 Å². The molecule has 4 rings (SSSR count). The summed E-state index contributed by atoms with van der Waals surface area (Å²) in [5.41, 5.74) is 2.29. The fourth-order valence-corrected chi connectivity index (χ4v) is 4.88. The number of ether oxygens (including phenoxy) is 3. The maximum atomic E-state index is 13.6. The third-order valence-corrected chi connectivity index (χ3v) is 6.32. The van der Waals surface area contributed by atoms with Crippen molar-refractivity contribution in [2.45, 2.75) is 19.9 Å². The minimum absolute atomic E-state index is 0.225. The Morgan fingerprint density at radius 2 is 1.85 bits per heavy atom. The predicted octanol–water partition coefficient (Wildman–Crippen LogP) is 2.82. The van der Waals surface area contributed by atoms with Crippen molar-refractivity contribution in [2.24, 2.45) is 4.99 Å². The molecule has 170 valence electrons. The number of thiazole rings is 1. The van der Waals surface area contributed by atoms with Gasteiger partial charge in [0.25, 0.3) is 5.56 Å². The zero-order chi connectivity index (χ0) is 23.5. The second kappa shape index (κ2) is 9.46. The number of hydrogen-bond donors (Lipinski definition) is 0. The summed E-state index contributed by atoms with van der Waals surface area (Å²) in [7, 11) is 3.14. The van der Waals surface area contributed by atoms with Gasteiger partial charge >= 0.3 is 5.97 Å². The number of nitrogens with zero attached hydrogens (tertiary/aromatic N) is 2. The molecule has 1 unspecified atom stereocenters. The second-order valence-electron chi connectivity index (χ2n) is 7.33. The molecule has 0 radical (unpaired) electrons. The van der Waals surface area contributed by atoms with E-state index in [2.05, 4.69) is 4.99 Å². The molecule has 1 aliphatic heterocycles. The average molecular weight is 465 g/mol. The number of aromatic nitrogens is 1. The first-order valence-corrected chi connectivity index (χ1v) is 11.3. The molecule has 2 aromatic carbocycles. The topological polar surface area (TPSA) is 79.1 Å². The first-order valence-electron chi connectivity index (χ1n) is 10.4. The van der Waals surface area contributed by atoms with Crippen molar-refractivity contribution < 1.29 is 19.0 Å². The number of rotatable bonds is 6. The summed E-state index contributed by atoms with van der Waals surface area (Å²) in [5, 5.41) is 0. The molecule has 0 bridgehead atoms. The molecule has 0 fully saturated rings. The summed E-state index contributed by atoms with van der Waals surface area (Å²) in [6.07, 6.45) is 1.79. The molecular weight excluding hydrogens is 440 g/mol. The highest BCUT2D eigenvalue weighted by atomic mass is 32.1. The molecule has 0 saturated carbocycles. The number of hydrogen-bond acceptors (Lipinski definition) is 7. The standard InChI is InChI=1S/C25H24N2O5S/c1-5-32-24(29)21-15(2)26-25-27(22(21)17-9-7-6-8-10-17)23(28)20(33-25)14-16-11-12-18(30-3)19(13-16)31-4/h6-14,22H,5H2,1-4H3/b20-14-. The smallest absolute Gasteiger partial charge is 0.338 e. The lowest BCUT2D eigenvalue weighted by Crippen LogP contribution is -2.39. The van der Waals surface area contributed by atoms with E-state index in [9.17, 15) is 9.59 Å². The van der Waals surface area contributed by atoms with Crippen LogP contribution in [0, 0.1) is 0 Å².